The van der Waals surface area contributed by atoms with E-state index in [1.165, 1.54) is 16.0 Å². The lowest BCUT2D eigenvalue weighted by Gasteiger charge is -2.27. The Morgan fingerprint density at radius 1 is 1.12 bits per heavy atom. The summed E-state index contributed by atoms with van der Waals surface area (Å²) < 4.78 is 12.5. The van der Waals surface area contributed by atoms with E-state index in [4.69, 9.17) is 9.47 Å². The van der Waals surface area contributed by atoms with Crippen LogP contribution >= 0.6 is 0 Å². The molecule has 0 bridgehead atoms. The standard InChI is InChI=1S/C20H21N3O3/c1-25-18-9-14-7-8-22(11-15(14)10-19(18)26-2)13-23-12-21-17-6-4-3-5-16(17)20(23)24/h3-6,9-10,12H,7-8,11,13H2,1-2H3/p+1. The lowest BCUT2D eigenvalue weighted by atomic mass is 9.99. The van der Waals surface area contributed by atoms with Gasteiger partial charge in [-0.05, 0) is 29.8 Å². The van der Waals surface area contributed by atoms with Crippen molar-refractivity contribution in [1.82, 2.24) is 9.55 Å². The Morgan fingerprint density at radius 2 is 1.85 bits per heavy atom. The van der Waals surface area contributed by atoms with Gasteiger partial charge in [0.2, 0.25) is 0 Å². The van der Waals surface area contributed by atoms with Crippen molar-refractivity contribution in [2.24, 2.45) is 0 Å². The van der Waals surface area contributed by atoms with Gasteiger partial charge in [0.15, 0.2) is 18.2 Å². The van der Waals surface area contributed by atoms with Crippen LogP contribution in [0.2, 0.25) is 0 Å². The molecule has 6 nitrogen and oxygen atoms in total. The predicted octanol–water partition coefficient (Wildman–Crippen LogP) is 1.01. The third kappa shape index (κ3) is 2.93. The predicted molar refractivity (Wildman–Crippen MR) is 98.8 cm³/mol. The van der Waals surface area contributed by atoms with Gasteiger partial charge in [-0.15, -0.1) is 0 Å². The molecule has 1 unspecified atom stereocenters. The Kier molecular flexibility index (Phi) is 4.34. The van der Waals surface area contributed by atoms with Gasteiger partial charge in [0.25, 0.3) is 5.56 Å². The van der Waals surface area contributed by atoms with Crippen molar-refractivity contribution in [3.05, 3.63) is 64.2 Å². The maximum absolute atomic E-state index is 12.7. The van der Waals surface area contributed by atoms with Crippen molar-refractivity contribution < 1.29 is 14.4 Å². The number of benzene rings is 2. The van der Waals surface area contributed by atoms with Crippen LogP contribution in [0.15, 0.2) is 47.5 Å². The summed E-state index contributed by atoms with van der Waals surface area (Å²) >= 11 is 0. The fraction of sp³-hybridized carbons (Fsp3) is 0.300. The molecular weight excluding hydrogens is 330 g/mol. The van der Waals surface area contributed by atoms with Gasteiger partial charge in [-0.3, -0.25) is 4.79 Å². The van der Waals surface area contributed by atoms with E-state index in [0.717, 1.165) is 36.5 Å². The number of para-hydroxylation sites is 1. The monoisotopic (exact) mass is 352 g/mol. The second-order valence-corrected chi connectivity index (χ2v) is 6.60. The molecule has 0 fully saturated rings. The first kappa shape index (κ1) is 16.6. The third-order valence-corrected chi connectivity index (χ3v) is 5.02. The van der Waals surface area contributed by atoms with Crippen molar-refractivity contribution in [2.45, 2.75) is 19.6 Å². The van der Waals surface area contributed by atoms with E-state index >= 15 is 0 Å². The number of rotatable bonds is 4. The molecule has 0 amide bonds. The number of methoxy groups -OCH3 is 2. The SMILES string of the molecule is COc1cc2c(cc1OC)C[NH+](Cn1cnc3ccccc3c1=O)CC2. The number of hydrogen-bond acceptors (Lipinski definition) is 4. The first-order chi connectivity index (χ1) is 12.7. The normalized spacial score (nSPS) is 16.3. The number of nitrogens with zero attached hydrogens (tertiary/aromatic N) is 2. The average Bonchev–Trinajstić information content (AvgIpc) is 2.69. The van der Waals surface area contributed by atoms with Crippen molar-refractivity contribution in [2.75, 3.05) is 20.8 Å². The smallest absolute Gasteiger partial charge is 0.265 e. The molecular formula is C20H22N3O3+. The van der Waals surface area contributed by atoms with Gasteiger partial charge in [-0.25, -0.2) is 9.55 Å². The molecule has 1 aliphatic heterocycles. The number of nitrogens with one attached hydrogen (secondary N) is 1. The van der Waals surface area contributed by atoms with Gasteiger partial charge >= 0.3 is 0 Å². The van der Waals surface area contributed by atoms with Crippen LogP contribution in [-0.2, 0) is 19.6 Å². The zero-order valence-corrected chi connectivity index (χ0v) is 15.0. The number of ether oxygens (including phenoxy) is 2. The molecule has 1 aromatic heterocycles. The molecule has 2 heterocycles. The van der Waals surface area contributed by atoms with Gasteiger partial charge in [-0.1, -0.05) is 12.1 Å². The fourth-order valence-electron chi connectivity index (χ4n) is 3.62. The first-order valence-corrected chi connectivity index (χ1v) is 8.71. The molecule has 0 radical (unpaired) electrons. The molecule has 0 aliphatic carbocycles. The van der Waals surface area contributed by atoms with Crippen LogP contribution in [0, 0.1) is 0 Å². The summed E-state index contributed by atoms with van der Waals surface area (Å²) in [4.78, 5) is 18.4. The summed E-state index contributed by atoms with van der Waals surface area (Å²) in [7, 11) is 3.31. The second kappa shape index (κ2) is 6.80. The van der Waals surface area contributed by atoms with Crippen LogP contribution in [0.4, 0.5) is 0 Å². The van der Waals surface area contributed by atoms with Crippen molar-refractivity contribution in [1.29, 1.82) is 0 Å². The summed E-state index contributed by atoms with van der Waals surface area (Å²) in [6, 6.07) is 11.6. The molecule has 3 aromatic rings. The summed E-state index contributed by atoms with van der Waals surface area (Å²) in [5, 5.41) is 0.665. The molecule has 0 saturated carbocycles. The molecule has 1 atom stereocenters. The van der Waals surface area contributed by atoms with E-state index < -0.39 is 0 Å². The maximum atomic E-state index is 12.7. The Hall–Kier alpha value is -2.86. The number of quaternary nitrogens is 1. The topological polar surface area (TPSA) is 57.8 Å². The van der Waals surface area contributed by atoms with Gasteiger partial charge in [-0.2, -0.15) is 0 Å². The van der Waals surface area contributed by atoms with Crippen LogP contribution in [-0.4, -0.2) is 30.3 Å². The summed E-state index contributed by atoms with van der Waals surface area (Å²) in [5.41, 5.74) is 3.28. The van der Waals surface area contributed by atoms with E-state index in [-0.39, 0.29) is 5.56 Å². The van der Waals surface area contributed by atoms with Crippen molar-refractivity contribution in [3.8, 4) is 11.5 Å². The van der Waals surface area contributed by atoms with E-state index in [2.05, 4.69) is 17.1 Å². The number of fused-ring (bicyclic) bond motifs is 2. The molecule has 134 valence electrons. The van der Waals surface area contributed by atoms with Gasteiger partial charge in [0, 0.05) is 12.0 Å². The third-order valence-electron chi connectivity index (χ3n) is 5.02. The zero-order valence-electron chi connectivity index (χ0n) is 15.0. The summed E-state index contributed by atoms with van der Waals surface area (Å²) in [6.45, 7) is 2.40. The molecule has 6 heteroatoms. The molecule has 26 heavy (non-hydrogen) atoms. The Morgan fingerprint density at radius 3 is 2.62 bits per heavy atom. The van der Waals surface area contributed by atoms with Gasteiger partial charge in [0.1, 0.15) is 12.9 Å². The number of hydrogen-bond donors (Lipinski definition) is 1. The van der Waals surface area contributed by atoms with E-state index in [9.17, 15) is 4.79 Å². The molecule has 4 rings (SSSR count). The first-order valence-electron chi connectivity index (χ1n) is 8.71. The van der Waals surface area contributed by atoms with Gasteiger partial charge in [0.05, 0.1) is 31.7 Å². The highest BCUT2D eigenvalue weighted by Crippen LogP contribution is 2.31. The quantitative estimate of drug-likeness (QED) is 0.762. The lowest BCUT2D eigenvalue weighted by Crippen LogP contribution is -3.11. The molecule has 1 N–H and O–H groups in total. The maximum Gasteiger partial charge on any atom is 0.265 e. The second-order valence-electron chi connectivity index (χ2n) is 6.60. The summed E-state index contributed by atoms with van der Waals surface area (Å²) in [6.07, 6.45) is 2.60. The minimum Gasteiger partial charge on any atom is -0.493 e. The largest absolute Gasteiger partial charge is 0.493 e. The molecule has 0 spiro atoms. The summed E-state index contributed by atoms with van der Waals surface area (Å²) in [5.74, 6) is 1.52. The molecule has 0 saturated heterocycles. The highest BCUT2D eigenvalue weighted by Gasteiger charge is 2.22. The number of aromatic nitrogens is 2. The van der Waals surface area contributed by atoms with E-state index in [0.29, 0.717) is 12.1 Å². The Labute approximate surface area is 151 Å². The fourth-order valence-corrected chi connectivity index (χ4v) is 3.62. The lowest BCUT2D eigenvalue weighted by molar-refractivity contribution is -0.938. The van der Waals surface area contributed by atoms with Crippen molar-refractivity contribution in [3.63, 3.8) is 0 Å². The van der Waals surface area contributed by atoms with Crippen LogP contribution in [0.3, 0.4) is 0 Å². The average molecular weight is 352 g/mol. The minimum absolute atomic E-state index is 0.0150. The highest BCUT2D eigenvalue weighted by molar-refractivity contribution is 5.76. The highest BCUT2D eigenvalue weighted by atomic mass is 16.5. The van der Waals surface area contributed by atoms with Crippen LogP contribution in [0.1, 0.15) is 11.1 Å². The van der Waals surface area contributed by atoms with E-state index in [1.807, 2.05) is 24.3 Å². The van der Waals surface area contributed by atoms with Gasteiger partial charge < -0.3 is 14.4 Å². The Bertz CT molecular complexity index is 1010. The molecule has 2 aromatic carbocycles. The molecule has 1 aliphatic rings. The van der Waals surface area contributed by atoms with Crippen molar-refractivity contribution >= 4 is 10.9 Å². The minimum atomic E-state index is 0.0150. The van der Waals surface area contributed by atoms with Crippen LogP contribution in [0.5, 0.6) is 11.5 Å². The Balaban J connectivity index is 1.60. The van der Waals surface area contributed by atoms with E-state index in [1.54, 1.807) is 25.1 Å². The zero-order chi connectivity index (χ0) is 18.1. The van der Waals surface area contributed by atoms with Crippen LogP contribution < -0.4 is 19.9 Å². The van der Waals surface area contributed by atoms with Crippen LogP contribution in [0.25, 0.3) is 10.9 Å².